The van der Waals surface area contributed by atoms with Crippen molar-refractivity contribution in [3.05, 3.63) is 41.8 Å². The molecule has 2 rings (SSSR count). The molecule has 0 unspecified atom stereocenters. The van der Waals surface area contributed by atoms with Crippen LogP contribution in [0.3, 0.4) is 0 Å². The quantitative estimate of drug-likeness (QED) is 0.897. The third kappa shape index (κ3) is 2.90. The van der Waals surface area contributed by atoms with Crippen molar-refractivity contribution in [2.75, 3.05) is 6.61 Å². The smallest absolute Gasteiger partial charge is 0.341 e. The van der Waals surface area contributed by atoms with Crippen LogP contribution in [0, 0.1) is 5.82 Å². The van der Waals surface area contributed by atoms with E-state index in [-0.39, 0.29) is 5.88 Å². The summed E-state index contributed by atoms with van der Waals surface area (Å²) < 4.78 is 20.1. The molecule has 0 spiro atoms. The van der Waals surface area contributed by atoms with E-state index < -0.39 is 18.4 Å². The second kappa shape index (κ2) is 5.51. The fraction of sp³-hybridized carbons (Fsp3) is 0.231. The van der Waals surface area contributed by atoms with E-state index in [0.717, 1.165) is 5.69 Å². The van der Waals surface area contributed by atoms with Crippen molar-refractivity contribution >= 4 is 5.97 Å². The molecule has 0 bridgehead atoms. The predicted molar refractivity (Wildman–Crippen MR) is 66.0 cm³/mol. The van der Waals surface area contributed by atoms with E-state index in [1.165, 1.54) is 10.7 Å². The summed E-state index contributed by atoms with van der Waals surface area (Å²) in [6.07, 6.45) is 0.623. The summed E-state index contributed by atoms with van der Waals surface area (Å²) in [5.74, 6) is -1.31. The zero-order valence-corrected chi connectivity index (χ0v) is 10.3. The van der Waals surface area contributed by atoms with Crippen LogP contribution in [0.2, 0.25) is 0 Å². The van der Waals surface area contributed by atoms with Gasteiger partial charge in [0.25, 0.3) is 0 Å². The zero-order chi connectivity index (χ0) is 13.8. The molecule has 0 fully saturated rings. The highest BCUT2D eigenvalue weighted by Gasteiger charge is 2.12. The normalized spacial score (nSPS) is 10.4. The van der Waals surface area contributed by atoms with Crippen LogP contribution in [-0.4, -0.2) is 27.5 Å². The van der Waals surface area contributed by atoms with Gasteiger partial charge in [0.05, 0.1) is 0 Å². The molecule has 0 amide bonds. The largest absolute Gasteiger partial charge is 0.479 e. The molecule has 5 nitrogen and oxygen atoms in total. The van der Waals surface area contributed by atoms with Crippen molar-refractivity contribution in [2.24, 2.45) is 0 Å². The number of para-hydroxylation sites is 1. The first-order valence-electron chi connectivity index (χ1n) is 5.80. The van der Waals surface area contributed by atoms with Gasteiger partial charge in [-0.25, -0.2) is 13.9 Å². The lowest BCUT2D eigenvalue weighted by molar-refractivity contribution is -0.139. The number of aryl methyl sites for hydroxylation is 1. The predicted octanol–water partition coefficient (Wildman–Crippen LogP) is 2.04. The number of ether oxygens (including phenoxy) is 1. The average Bonchev–Trinajstić information content (AvgIpc) is 2.80. The minimum absolute atomic E-state index is 0.169. The Labute approximate surface area is 109 Å². The summed E-state index contributed by atoms with van der Waals surface area (Å²) in [6.45, 7) is 1.42. The van der Waals surface area contributed by atoms with E-state index in [1.807, 2.05) is 6.92 Å². The molecule has 0 saturated heterocycles. The van der Waals surface area contributed by atoms with E-state index in [2.05, 4.69) is 5.10 Å². The van der Waals surface area contributed by atoms with Gasteiger partial charge in [-0.3, -0.25) is 0 Å². The van der Waals surface area contributed by atoms with E-state index in [4.69, 9.17) is 9.84 Å². The first-order chi connectivity index (χ1) is 9.11. The molecule has 0 saturated carbocycles. The number of carboxylic acid groups (broad SMARTS) is 1. The number of halogens is 1. The molecule has 1 N–H and O–H groups in total. The average molecular weight is 264 g/mol. The Morgan fingerprint density at radius 1 is 1.47 bits per heavy atom. The lowest BCUT2D eigenvalue weighted by Gasteiger charge is -2.06. The molecule has 100 valence electrons. The Morgan fingerprint density at radius 2 is 2.21 bits per heavy atom. The maximum atomic E-state index is 13.7. The van der Waals surface area contributed by atoms with Crippen LogP contribution in [0.25, 0.3) is 5.69 Å². The zero-order valence-electron chi connectivity index (χ0n) is 10.3. The molecule has 0 radical (unpaired) electrons. The van der Waals surface area contributed by atoms with Crippen LogP contribution in [0.15, 0.2) is 30.3 Å². The maximum absolute atomic E-state index is 13.7. The number of hydrogen-bond donors (Lipinski definition) is 1. The first kappa shape index (κ1) is 13.1. The lowest BCUT2D eigenvalue weighted by Crippen LogP contribution is -2.10. The van der Waals surface area contributed by atoms with Gasteiger partial charge in [0.15, 0.2) is 6.61 Å². The van der Waals surface area contributed by atoms with Gasteiger partial charge in [0.1, 0.15) is 11.5 Å². The van der Waals surface area contributed by atoms with Crippen molar-refractivity contribution in [1.29, 1.82) is 0 Å². The highest BCUT2D eigenvalue weighted by Crippen LogP contribution is 2.19. The molecule has 1 aromatic carbocycles. The SMILES string of the molecule is CCc1cc(OCC(=O)O)nn1-c1ccccc1F. The molecule has 1 heterocycles. The number of aliphatic carboxylic acids is 1. The summed E-state index contributed by atoms with van der Waals surface area (Å²) in [5.41, 5.74) is 1.05. The highest BCUT2D eigenvalue weighted by atomic mass is 19.1. The second-order valence-electron chi connectivity index (χ2n) is 3.87. The van der Waals surface area contributed by atoms with Crippen LogP contribution in [-0.2, 0) is 11.2 Å². The summed E-state index contributed by atoms with van der Waals surface area (Å²) >= 11 is 0. The highest BCUT2D eigenvalue weighted by molar-refractivity contribution is 5.68. The molecule has 0 aliphatic rings. The Morgan fingerprint density at radius 3 is 2.84 bits per heavy atom. The third-order valence-corrected chi connectivity index (χ3v) is 2.55. The van der Waals surface area contributed by atoms with Crippen LogP contribution >= 0.6 is 0 Å². The second-order valence-corrected chi connectivity index (χ2v) is 3.87. The molecule has 0 aliphatic carbocycles. The first-order valence-corrected chi connectivity index (χ1v) is 5.80. The number of carboxylic acids is 1. The molecule has 6 heteroatoms. The van der Waals surface area contributed by atoms with Gasteiger partial charge in [-0.2, -0.15) is 0 Å². The Bertz CT molecular complexity index is 595. The van der Waals surface area contributed by atoms with Crippen LogP contribution in [0.5, 0.6) is 5.88 Å². The number of aromatic nitrogens is 2. The van der Waals surface area contributed by atoms with Gasteiger partial charge < -0.3 is 9.84 Å². The summed E-state index contributed by atoms with van der Waals surface area (Å²) in [4.78, 5) is 10.4. The number of carbonyl (C=O) groups is 1. The molecule has 1 aromatic heterocycles. The van der Waals surface area contributed by atoms with Crippen molar-refractivity contribution in [3.63, 3.8) is 0 Å². The van der Waals surface area contributed by atoms with Gasteiger partial charge in [-0.05, 0) is 18.6 Å². The number of nitrogens with zero attached hydrogens (tertiary/aromatic N) is 2. The number of rotatable bonds is 5. The monoisotopic (exact) mass is 264 g/mol. The fourth-order valence-corrected chi connectivity index (χ4v) is 1.69. The van der Waals surface area contributed by atoms with Crippen molar-refractivity contribution in [1.82, 2.24) is 9.78 Å². The van der Waals surface area contributed by atoms with Gasteiger partial charge in [-0.15, -0.1) is 5.10 Å². The number of hydrogen-bond acceptors (Lipinski definition) is 3. The summed E-state index contributed by atoms with van der Waals surface area (Å²) in [5, 5.41) is 12.6. The van der Waals surface area contributed by atoms with Gasteiger partial charge in [0, 0.05) is 11.8 Å². The maximum Gasteiger partial charge on any atom is 0.341 e. The van der Waals surface area contributed by atoms with Crippen LogP contribution in [0.1, 0.15) is 12.6 Å². The molecular formula is C13H13FN2O3. The van der Waals surface area contributed by atoms with E-state index in [0.29, 0.717) is 12.1 Å². The Hall–Kier alpha value is -2.37. The van der Waals surface area contributed by atoms with Gasteiger partial charge in [-0.1, -0.05) is 19.1 Å². The topological polar surface area (TPSA) is 64.3 Å². The minimum atomic E-state index is -1.08. The van der Waals surface area contributed by atoms with Gasteiger partial charge in [0.2, 0.25) is 5.88 Å². The fourth-order valence-electron chi connectivity index (χ4n) is 1.69. The summed E-state index contributed by atoms with van der Waals surface area (Å²) in [6, 6.07) is 7.85. The molecular weight excluding hydrogens is 251 g/mol. The van der Waals surface area contributed by atoms with E-state index in [9.17, 15) is 9.18 Å². The third-order valence-electron chi connectivity index (χ3n) is 2.55. The lowest BCUT2D eigenvalue weighted by atomic mass is 10.3. The van der Waals surface area contributed by atoms with Crippen molar-refractivity contribution < 1.29 is 19.0 Å². The minimum Gasteiger partial charge on any atom is -0.479 e. The van der Waals surface area contributed by atoms with Crippen LogP contribution in [0.4, 0.5) is 4.39 Å². The molecule has 2 aromatic rings. The van der Waals surface area contributed by atoms with Crippen molar-refractivity contribution in [3.8, 4) is 11.6 Å². The van der Waals surface area contributed by atoms with E-state index in [1.54, 1.807) is 24.3 Å². The van der Waals surface area contributed by atoms with Gasteiger partial charge >= 0.3 is 5.97 Å². The Balaban J connectivity index is 2.35. The molecule has 19 heavy (non-hydrogen) atoms. The van der Waals surface area contributed by atoms with Crippen molar-refractivity contribution in [2.45, 2.75) is 13.3 Å². The number of benzene rings is 1. The van der Waals surface area contributed by atoms with E-state index >= 15 is 0 Å². The molecule has 0 aliphatic heterocycles. The standard InChI is InChI=1S/C13H13FN2O3/c1-2-9-7-12(19-8-13(17)18)15-16(9)11-6-4-3-5-10(11)14/h3-7H,2,8H2,1H3,(H,17,18). The Kier molecular flexibility index (Phi) is 3.79. The molecule has 0 atom stereocenters. The van der Waals surface area contributed by atoms with Crippen LogP contribution < -0.4 is 4.74 Å². The summed E-state index contributed by atoms with van der Waals surface area (Å²) in [7, 11) is 0.